The van der Waals surface area contributed by atoms with Crippen molar-refractivity contribution < 1.29 is 8.42 Å². The Bertz CT molecular complexity index is 537. The minimum absolute atomic E-state index is 0.114. The lowest BCUT2D eigenvalue weighted by Crippen LogP contribution is -2.46. The van der Waals surface area contributed by atoms with Crippen LogP contribution in [0.1, 0.15) is 19.8 Å². The van der Waals surface area contributed by atoms with Crippen LogP contribution in [0, 0.1) is 0 Å². The van der Waals surface area contributed by atoms with E-state index in [1.807, 2.05) is 24.3 Å². The topological polar surface area (TPSA) is 40.6 Å². The minimum atomic E-state index is -3.09. The van der Waals surface area contributed by atoms with Crippen molar-refractivity contribution >= 4 is 27.3 Å². The van der Waals surface area contributed by atoms with Gasteiger partial charge in [0.15, 0.2) is 0 Å². The molecule has 0 atom stereocenters. The molecule has 1 saturated heterocycles. The number of anilines is 1. The smallest absolute Gasteiger partial charge is 0.213 e. The summed E-state index contributed by atoms with van der Waals surface area (Å²) in [6.45, 7) is 3.43. The number of benzene rings is 1. The molecule has 2 rings (SSSR count). The molecule has 1 aliphatic heterocycles. The summed E-state index contributed by atoms with van der Waals surface area (Å²) in [6, 6.07) is 7.90. The van der Waals surface area contributed by atoms with Crippen LogP contribution in [-0.2, 0) is 10.0 Å². The molecule has 0 bridgehead atoms. The first kappa shape index (κ1) is 15.6. The van der Waals surface area contributed by atoms with E-state index < -0.39 is 10.0 Å². The molecule has 0 aliphatic carbocycles. The highest BCUT2D eigenvalue weighted by atomic mass is 35.5. The van der Waals surface area contributed by atoms with Gasteiger partial charge in [0.25, 0.3) is 0 Å². The Kier molecular flexibility index (Phi) is 4.94. The van der Waals surface area contributed by atoms with Gasteiger partial charge in [-0.25, -0.2) is 12.7 Å². The van der Waals surface area contributed by atoms with Crippen molar-refractivity contribution in [3.05, 3.63) is 29.3 Å². The third kappa shape index (κ3) is 3.45. The molecule has 0 spiro atoms. The average Bonchev–Trinajstić information content (AvgIpc) is 2.47. The van der Waals surface area contributed by atoms with Crippen molar-refractivity contribution in [1.82, 2.24) is 4.31 Å². The highest BCUT2D eigenvalue weighted by Gasteiger charge is 2.28. The van der Waals surface area contributed by atoms with E-state index in [-0.39, 0.29) is 11.8 Å². The Morgan fingerprint density at radius 2 is 1.80 bits per heavy atom. The molecule has 1 aromatic rings. The normalized spacial score (nSPS) is 17.7. The molecule has 0 radical (unpaired) electrons. The summed E-state index contributed by atoms with van der Waals surface area (Å²) in [4.78, 5) is 2.28. The number of rotatable bonds is 4. The molecule has 0 unspecified atom stereocenters. The van der Waals surface area contributed by atoms with Crippen molar-refractivity contribution in [3.8, 4) is 0 Å². The first-order chi connectivity index (χ1) is 9.44. The molecular weight excluding hydrogens is 296 g/mol. The van der Waals surface area contributed by atoms with Crippen LogP contribution >= 0.6 is 11.6 Å². The molecule has 1 heterocycles. The fraction of sp³-hybridized carbons (Fsp3) is 0.571. The van der Waals surface area contributed by atoms with Gasteiger partial charge < -0.3 is 4.90 Å². The zero-order valence-electron chi connectivity index (χ0n) is 11.9. The maximum Gasteiger partial charge on any atom is 0.213 e. The summed E-state index contributed by atoms with van der Waals surface area (Å²) in [6.07, 6.45) is 1.72. The second kappa shape index (κ2) is 6.33. The zero-order chi connectivity index (χ0) is 14.8. The van der Waals surface area contributed by atoms with Crippen LogP contribution in [0.2, 0.25) is 5.02 Å². The van der Waals surface area contributed by atoms with Crippen LogP contribution in [0.15, 0.2) is 24.3 Å². The standard InChI is InChI=1S/C14H21ClN2O2S/c1-3-20(18,19)16(2)13-8-10-17(11-9-13)14-6-4-12(15)5-7-14/h4-7,13H,3,8-11H2,1-2H3. The first-order valence-electron chi connectivity index (χ1n) is 6.90. The van der Waals surface area contributed by atoms with Gasteiger partial charge in [-0.1, -0.05) is 11.6 Å². The Labute approximate surface area is 126 Å². The van der Waals surface area contributed by atoms with Gasteiger partial charge in [-0.2, -0.15) is 0 Å². The summed E-state index contributed by atoms with van der Waals surface area (Å²) in [7, 11) is -1.39. The van der Waals surface area contributed by atoms with Crippen molar-refractivity contribution in [1.29, 1.82) is 0 Å². The van der Waals surface area contributed by atoms with E-state index in [9.17, 15) is 8.42 Å². The quantitative estimate of drug-likeness (QED) is 0.857. The van der Waals surface area contributed by atoms with Gasteiger partial charge in [-0.05, 0) is 44.0 Å². The lowest BCUT2D eigenvalue weighted by atomic mass is 10.0. The van der Waals surface area contributed by atoms with Crippen LogP contribution in [0.5, 0.6) is 0 Å². The molecule has 1 fully saturated rings. The highest BCUT2D eigenvalue weighted by molar-refractivity contribution is 7.89. The predicted octanol–water partition coefficient (Wildman–Crippen LogP) is 2.59. The van der Waals surface area contributed by atoms with Crippen LogP contribution in [0.3, 0.4) is 0 Å². The van der Waals surface area contributed by atoms with Crippen LogP contribution in [-0.4, -0.2) is 44.7 Å². The SMILES string of the molecule is CCS(=O)(=O)N(C)C1CCN(c2ccc(Cl)cc2)CC1. The lowest BCUT2D eigenvalue weighted by Gasteiger charge is -2.37. The Balaban J connectivity index is 1.97. The van der Waals surface area contributed by atoms with Crippen molar-refractivity contribution in [2.45, 2.75) is 25.8 Å². The van der Waals surface area contributed by atoms with E-state index in [0.29, 0.717) is 0 Å². The Morgan fingerprint density at radius 1 is 1.25 bits per heavy atom. The average molecular weight is 317 g/mol. The molecular formula is C14H21ClN2O2S. The summed E-state index contributed by atoms with van der Waals surface area (Å²) in [5, 5.41) is 0.734. The van der Waals surface area contributed by atoms with Crippen molar-refractivity contribution in [3.63, 3.8) is 0 Å². The largest absolute Gasteiger partial charge is 0.371 e. The van der Waals surface area contributed by atoms with Gasteiger partial charge in [0, 0.05) is 36.9 Å². The van der Waals surface area contributed by atoms with E-state index in [1.54, 1.807) is 18.3 Å². The van der Waals surface area contributed by atoms with E-state index >= 15 is 0 Å². The van der Waals surface area contributed by atoms with Crippen LogP contribution in [0.25, 0.3) is 0 Å². The van der Waals surface area contributed by atoms with Gasteiger partial charge >= 0.3 is 0 Å². The van der Waals surface area contributed by atoms with E-state index in [1.165, 1.54) is 0 Å². The summed E-state index contributed by atoms with van der Waals surface area (Å²) >= 11 is 5.89. The van der Waals surface area contributed by atoms with Gasteiger partial charge in [0.2, 0.25) is 10.0 Å². The molecule has 0 amide bonds. The van der Waals surface area contributed by atoms with Gasteiger partial charge in [0.05, 0.1) is 5.75 Å². The van der Waals surface area contributed by atoms with Crippen LogP contribution < -0.4 is 4.90 Å². The highest BCUT2D eigenvalue weighted by Crippen LogP contribution is 2.24. The summed E-state index contributed by atoms with van der Waals surface area (Å²) < 4.78 is 25.3. The van der Waals surface area contributed by atoms with E-state index in [0.717, 1.165) is 36.6 Å². The fourth-order valence-corrected chi connectivity index (χ4v) is 3.77. The fourth-order valence-electron chi connectivity index (χ4n) is 2.57. The molecule has 0 N–H and O–H groups in total. The third-order valence-corrected chi connectivity index (χ3v) is 6.13. The molecule has 112 valence electrons. The third-order valence-electron chi connectivity index (χ3n) is 3.97. The number of sulfonamides is 1. The first-order valence-corrected chi connectivity index (χ1v) is 8.89. The van der Waals surface area contributed by atoms with Gasteiger partial charge in [-0.3, -0.25) is 0 Å². The minimum Gasteiger partial charge on any atom is -0.371 e. The van der Waals surface area contributed by atoms with Crippen LogP contribution in [0.4, 0.5) is 5.69 Å². The second-order valence-corrected chi connectivity index (χ2v) is 7.86. The molecule has 1 aromatic carbocycles. The maximum absolute atomic E-state index is 11.9. The Morgan fingerprint density at radius 3 is 2.30 bits per heavy atom. The Hall–Kier alpha value is -0.780. The number of piperidine rings is 1. The number of halogens is 1. The lowest BCUT2D eigenvalue weighted by molar-refractivity contribution is 0.312. The molecule has 0 saturated carbocycles. The molecule has 6 heteroatoms. The van der Waals surface area contributed by atoms with Gasteiger partial charge in [-0.15, -0.1) is 0 Å². The maximum atomic E-state index is 11.9. The molecule has 4 nitrogen and oxygen atoms in total. The summed E-state index contributed by atoms with van der Waals surface area (Å²) in [5.74, 6) is 0.168. The number of hydrogen-bond acceptors (Lipinski definition) is 3. The summed E-state index contributed by atoms with van der Waals surface area (Å²) in [5.41, 5.74) is 1.15. The van der Waals surface area contributed by atoms with E-state index in [2.05, 4.69) is 4.90 Å². The number of nitrogens with zero attached hydrogens (tertiary/aromatic N) is 2. The monoisotopic (exact) mass is 316 g/mol. The molecule has 20 heavy (non-hydrogen) atoms. The van der Waals surface area contributed by atoms with E-state index in [4.69, 9.17) is 11.6 Å². The molecule has 1 aliphatic rings. The van der Waals surface area contributed by atoms with Crippen molar-refractivity contribution in [2.24, 2.45) is 0 Å². The number of hydrogen-bond donors (Lipinski definition) is 0. The van der Waals surface area contributed by atoms with Gasteiger partial charge in [0.1, 0.15) is 0 Å². The molecule has 0 aromatic heterocycles. The zero-order valence-corrected chi connectivity index (χ0v) is 13.5. The predicted molar refractivity (Wildman–Crippen MR) is 83.9 cm³/mol. The van der Waals surface area contributed by atoms with Crippen molar-refractivity contribution in [2.75, 3.05) is 30.8 Å². The second-order valence-electron chi connectivity index (χ2n) is 5.11.